The average molecular weight is 288 g/mol. The molecule has 4 heteroatoms. The highest BCUT2D eigenvalue weighted by Crippen LogP contribution is 2.28. The molecule has 0 bridgehead atoms. The molecule has 1 N–H and O–H groups in total. The number of nitrogens with zero attached hydrogens (tertiary/aromatic N) is 2. The fourth-order valence-electron chi connectivity index (χ4n) is 3.53. The van der Waals surface area contributed by atoms with E-state index in [2.05, 4.69) is 35.0 Å². The minimum Gasteiger partial charge on any atom is -0.481 e. The number of piperidine rings is 1. The van der Waals surface area contributed by atoms with E-state index in [0.29, 0.717) is 0 Å². The molecule has 4 nitrogen and oxygen atoms in total. The number of anilines is 1. The van der Waals surface area contributed by atoms with Crippen molar-refractivity contribution in [1.29, 1.82) is 0 Å². The zero-order valence-electron chi connectivity index (χ0n) is 12.7. The highest BCUT2D eigenvalue weighted by atomic mass is 16.4. The van der Waals surface area contributed by atoms with Crippen LogP contribution in [-0.4, -0.2) is 42.7 Å². The van der Waals surface area contributed by atoms with Crippen molar-refractivity contribution in [1.82, 2.24) is 4.90 Å². The van der Waals surface area contributed by atoms with Crippen LogP contribution in [0.4, 0.5) is 5.69 Å². The summed E-state index contributed by atoms with van der Waals surface area (Å²) in [5.74, 6) is -0.773. The van der Waals surface area contributed by atoms with Crippen LogP contribution in [0.2, 0.25) is 0 Å². The van der Waals surface area contributed by atoms with Crippen molar-refractivity contribution < 1.29 is 9.90 Å². The van der Waals surface area contributed by atoms with Gasteiger partial charge in [-0.3, -0.25) is 9.69 Å². The van der Waals surface area contributed by atoms with Crippen LogP contribution in [-0.2, 0) is 17.8 Å². The monoisotopic (exact) mass is 288 g/mol. The van der Waals surface area contributed by atoms with Gasteiger partial charge in [0, 0.05) is 25.8 Å². The van der Waals surface area contributed by atoms with Crippen molar-refractivity contribution in [2.45, 2.75) is 32.2 Å². The summed E-state index contributed by atoms with van der Waals surface area (Å²) in [4.78, 5) is 15.7. The normalized spacial score (nSPS) is 20.3. The zero-order chi connectivity index (χ0) is 14.8. The fourth-order valence-corrected chi connectivity index (χ4v) is 3.53. The van der Waals surface area contributed by atoms with Crippen molar-refractivity contribution in [3.63, 3.8) is 0 Å². The zero-order valence-corrected chi connectivity index (χ0v) is 12.7. The van der Waals surface area contributed by atoms with E-state index in [1.807, 2.05) is 0 Å². The van der Waals surface area contributed by atoms with Crippen molar-refractivity contribution in [2.75, 3.05) is 31.6 Å². The SMILES string of the molecule is CN1CCCc2cc(CN3CCC(C(=O)O)CC3)ccc21. The summed E-state index contributed by atoms with van der Waals surface area (Å²) in [6, 6.07) is 6.81. The molecule has 1 aromatic rings. The van der Waals surface area contributed by atoms with Crippen LogP contribution in [0.5, 0.6) is 0 Å². The van der Waals surface area contributed by atoms with E-state index in [0.717, 1.165) is 39.0 Å². The molecule has 0 atom stereocenters. The number of hydrogen-bond acceptors (Lipinski definition) is 3. The van der Waals surface area contributed by atoms with Gasteiger partial charge in [0.1, 0.15) is 0 Å². The van der Waals surface area contributed by atoms with Gasteiger partial charge in [-0.1, -0.05) is 12.1 Å². The van der Waals surface area contributed by atoms with Crippen molar-refractivity contribution in [3.05, 3.63) is 29.3 Å². The number of hydrogen-bond donors (Lipinski definition) is 1. The fraction of sp³-hybridized carbons (Fsp3) is 0.588. The molecule has 2 aliphatic rings. The van der Waals surface area contributed by atoms with Gasteiger partial charge in [0.2, 0.25) is 0 Å². The first kappa shape index (κ1) is 14.4. The number of carboxylic acid groups (broad SMARTS) is 1. The summed E-state index contributed by atoms with van der Waals surface area (Å²) < 4.78 is 0. The smallest absolute Gasteiger partial charge is 0.306 e. The number of fused-ring (bicyclic) bond motifs is 1. The highest BCUT2D eigenvalue weighted by molar-refractivity contribution is 5.70. The van der Waals surface area contributed by atoms with Crippen LogP contribution >= 0.6 is 0 Å². The second-order valence-electron chi connectivity index (χ2n) is 6.38. The summed E-state index contributed by atoms with van der Waals surface area (Å²) >= 11 is 0. The number of carbonyl (C=O) groups is 1. The van der Waals surface area contributed by atoms with Gasteiger partial charge >= 0.3 is 5.97 Å². The van der Waals surface area contributed by atoms with E-state index in [1.54, 1.807) is 0 Å². The second kappa shape index (κ2) is 6.06. The van der Waals surface area contributed by atoms with Gasteiger partial charge in [0.15, 0.2) is 0 Å². The lowest BCUT2D eigenvalue weighted by atomic mass is 9.96. The van der Waals surface area contributed by atoms with Gasteiger partial charge in [-0.2, -0.15) is 0 Å². The second-order valence-corrected chi connectivity index (χ2v) is 6.38. The molecule has 1 aromatic carbocycles. The molecule has 2 aliphatic heterocycles. The summed E-state index contributed by atoms with van der Waals surface area (Å²) in [6.45, 7) is 3.89. The topological polar surface area (TPSA) is 43.8 Å². The molecule has 0 saturated carbocycles. The quantitative estimate of drug-likeness (QED) is 0.927. The number of aliphatic carboxylic acids is 1. The Morgan fingerprint density at radius 1 is 1.29 bits per heavy atom. The van der Waals surface area contributed by atoms with Crippen LogP contribution in [0.15, 0.2) is 18.2 Å². The van der Waals surface area contributed by atoms with Crippen molar-refractivity contribution in [2.24, 2.45) is 5.92 Å². The van der Waals surface area contributed by atoms with Gasteiger partial charge in [-0.05, 0) is 56.0 Å². The Morgan fingerprint density at radius 2 is 2.05 bits per heavy atom. The van der Waals surface area contributed by atoms with Gasteiger partial charge in [0.05, 0.1) is 5.92 Å². The Morgan fingerprint density at radius 3 is 2.76 bits per heavy atom. The van der Waals surface area contributed by atoms with Crippen molar-refractivity contribution >= 4 is 11.7 Å². The van der Waals surface area contributed by atoms with Crippen LogP contribution in [0.25, 0.3) is 0 Å². The highest BCUT2D eigenvalue weighted by Gasteiger charge is 2.24. The summed E-state index contributed by atoms with van der Waals surface area (Å²) in [7, 11) is 2.16. The van der Waals surface area contributed by atoms with E-state index in [4.69, 9.17) is 5.11 Å². The first-order chi connectivity index (χ1) is 10.1. The number of likely N-dealkylation sites (tertiary alicyclic amines) is 1. The van der Waals surface area contributed by atoms with E-state index >= 15 is 0 Å². The predicted molar refractivity (Wildman–Crippen MR) is 83.7 cm³/mol. The molecule has 21 heavy (non-hydrogen) atoms. The Hall–Kier alpha value is -1.55. The third kappa shape index (κ3) is 3.21. The van der Waals surface area contributed by atoms with Gasteiger partial charge < -0.3 is 10.0 Å². The van der Waals surface area contributed by atoms with Crippen LogP contribution in [0.1, 0.15) is 30.4 Å². The molecular weight excluding hydrogens is 264 g/mol. The molecule has 0 aliphatic carbocycles. The van der Waals surface area contributed by atoms with Gasteiger partial charge in [0.25, 0.3) is 0 Å². The van der Waals surface area contributed by atoms with E-state index in [-0.39, 0.29) is 5.92 Å². The molecule has 0 amide bonds. The largest absolute Gasteiger partial charge is 0.481 e. The molecular formula is C17H24N2O2. The van der Waals surface area contributed by atoms with Crippen molar-refractivity contribution in [3.8, 4) is 0 Å². The third-order valence-electron chi connectivity index (χ3n) is 4.84. The van der Waals surface area contributed by atoms with E-state index in [9.17, 15) is 4.79 Å². The molecule has 2 heterocycles. The van der Waals surface area contributed by atoms with Crippen LogP contribution in [0.3, 0.4) is 0 Å². The average Bonchev–Trinajstić information content (AvgIpc) is 2.48. The molecule has 1 fully saturated rings. The third-order valence-corrected chi connectivity index (χ3v) is 4.84. The Bertz CT molecular complexity index is 522. The molecule has 0 spiro atoms. The maximum atomic E-state index is 11.0. The first-order valence-corrected chi connectivity index (χ1v) is 7.91. The van der Waals surface area contributed by atoms with E-state index in [1.165, 1.54) is 29.7 Å². The Labute approximate surface area is 126 Å². The van der Waals surface area contributed by atoms with Crippen LogP contribution in [0, 0.1) is 5.92 Å². The predicted octanol–water partition coefficient (Wildman–Crippen LogP) is 2.37. The lowest BCUT2D eigenvalue weighted by Gasteiger charge is -2.31. The summed E-state index contributed by atoms with van der Waals surface area (Å²) in [6.07, 6.45) is 3.97. The Balaban J connectivity index is 1.62. The molecule has 1 saturated heterocycles. The Kier molecular flexibility index (Phi) is 4.15. The van der Waals surface area contributed by atoms with Gasteiger partial charge in [-0.15, -0.1) is 0 Å². The maximum Gasteiger partial charge on any atom is 0.306 e. The number of carboxylic acids is 1. The molecule has 0 radical (unpaired) electrons. The lowest BCUT2D eigenvalue weighted by molar-refractivity contribution is -0.143. The molecule has 3 rings (SSSR count). The minimum absolute atomic E-state index is 0.140. The molecule has 114 valence electrons. The number of benzene rings is 1. The summed E-state index contributed by atoms with van der Waals surface area (Å²) in [5, 5.41) is 9.05. The van der Waals surface area contributed by atoms with Gasteiger partial charge in [-0.25, -0.2) is 0 Å². The first-order valence-electron chi connectivity index (χ1n) is 7.91. The number of aryl methyl sites for hydroxylation is 1. The molecule has 0 aromatic heterocycles. The summed E-state index contributed by atoms with van der Waals surface area (Å²) in [5.41, 5.74) is 4.19. The van der Waals surface area contributed by atoms with Crippen LogP contribution < -0.4 is 4.90 Å². The number of rotatable bonds is 3. The maximum absolute atomic E-state index is 11.0. The minimum atomic E-state index is -0.633. The van der Waals surface area contributed by atoms with E-state index < -0.39 is 5.97 Å². The molecule has 0 unspecified atom stereocenters. The standard InChI is InChI=1S/C17H24N2O2/c1-18-8-2-3-15-11-13(4-5-16(15)18)12-19-9-6-14(7-10-19)17(20)21/h4-5,11,14H,2-3,6-10,12H2,1H3,(H,20,21). The lowest BCUT2D eigenvalue weighted by Crippen LogP contribution is -2.35.